The van der Waals surface area contributed by atoms with Gasteiger partial charge in [0.15, 0.2) is 0 Å². The Morgan fingerprint density at radius 1 is 1.21 bits per heavy atom. The van der Waals surface area contributed by atoms with Crippen LogP contribution in [-0.4, -0.2) is 43.4 Å². The van der Waals surface area contributed by atoms with Crippen molar-refractivity contribution in [1.29, 1.82) is 0 Å². The maximum Gasteiger partial charge on any atom is 0.416 e. The van der Waals surface area contributed by atoms with Crippen LogP contribution in [0.5, 0.6) is 0 Å². The van der Waals surface area contributed by atoms with Crippen LogP contribution in [0.2, 0.25) is 0 Å². The normalized spacial score (nSPS) is 21.0. The molecule has 6 nitrogen and oxygen atoms in total. The lowest BCUT2D eigenvalue weighted by Gasteiger charge is -2.45. The zero-order valence-electron chi connectivity index (χ0n) is 12.8. The predicted molar refractivity (Wildman–Crippen MR) is 79.0 cm³/mol. The highest BCUT2D eigenvalue weighted by atomic mass is 19.4. The summed E-state index contributed by atoms with van der Waals surface area (Å²) in [6, 6.07) is 2.66. The molecule has 0 radical (unpaired) electrons. The number of nitro groups is 1. The Kier molecular flexibility index (Phi) is 4.39. The summed E-state index contributed by atoms with van der Waals surface area (Å²) in [5, 5.41) is 11.3. The number of hydrogen-bond donors (Lipinski definition) is 0. The van der Waals surface area contributed by atoms with Gasteiger partial charge in [-0.05, 0) is 12.1 Å². The zero-order valence-corrected chi connectivity index (χ0v) is 12.8. The standard InChI is InChI=1S/C15H17F3N2O4/c16-15(17,18)11-1-2-12(13(9-11)20(21)22)19-5-8-24-14(10-19)3-6-23-7-4-14/h1-2,9H,3-8,10H2. The Labute approximate surface area is 136 Å². The van der Waals surface area contributed by atoms with Gasteiger partial charge in [-0.25, -0.2) is 0 Å². The molecule has 0 aliphatic carbocycles. The number of nitrogens with zero attached hydrogens (tertiary/aromatic N) is 2. The van der Waals surface area contributed by atoms with Crippen LogP contribution in [-0.2, 0) is 15.7 Å². The molecule has 0 N–H and O–H groups in total. The van der Waals surface area contributed by atoms with Crippen LogP contribution in [0.1, 0.15) is 18.4 Å². The van der Waals surface area contributed by atoms with Crippen LogP contribution in [0.25, 0.3) is 0 Å². The third-order valence-corrected chi connectivity index (χ3v) is 4.49. The molecule has 9 heteroatoms. The molecule has 0 bridgehead atoms. The van der Waals surface area contributed by atoms with E-state index in [2.05, 4.69) is 0 Å². The zero-order chi connectivity index (χ0) is 17.4. The van der Waals surface area contributed by atoms with Crippen molar-refractivity contribution in [2.24, 2.45) is 0 Å². The summed E-state index contributed by atoms with van der Waals surface area (Å²) in [6.07, 6.45) is -3.29. The smallest absolute Gasteiger partial charge is 0.381 e. The first-order chi connectivity index (χ1) is 11.3. The van der Waals surface area contributed by atoms with Crippen molar-refractivity contribution in [2.75, 3.05) is 37.8 Å². The van der Waals surface area contributed by atoms with Crippen molar-refractivity contribution in [1.82, 2.24) is 0 Å². The van der Waals surface area contributed by atoms with Crippen LogP contribution < -0.4 is 4.90 Å². The number of rotatable bonds is 2. The largest absolute Gasteiger partial charge is 0.416 e. The average Bonchev–Trinajstić information content (AvgIpc) is 2.54. The quantitative estimate of drug-likeness (QED) is 0.608. The van der Waals surface area contributed by atoms with Gasteiger partial charge in [0, 0.05) is 45.2 Å². The van der Waals surface area contributed by atoms with E-state index in [0.717, 1.165) is 6.07 Å². The number of morpholine rings is 1. The van der Waals surface area contributed by atoms with Crippen LogP contribution in [0, 0.1) is 10.1 Å². The second kappa shape index (κ2) is 6.21. The van der Waals surface area contributed by atoms with Crippen molar-refractivity contribution in [3.05, 3.63) is 33.9 Å². The molecule has 0 amide bonds. The molecule has 1 spiro atoms. The van der Waals surface area contributed by atoms with Gasteiger partial charge in [-0.3, -0.25) is 10.1 Å². The number of nitro benzene ring substituents is 1. The van der Waals surface area contributed by atoms with Gasteiger partial charge in [-0.15, -0.1) is 0 Å². The van der Waals surface area contributed by atoms with Crippen molar-refractivity contribution in [3.63, 3.8) is 0 Å². The third kappa shape index (κ3) is 3.32. The molecule has 1 aromatic carbocycles. The Morgan fingerprint density at radius 2 is 1.92 bits per heavy atom. The summed E-state index contributed by atoms with van der Waals surface area (Å²) in [5.41, 5.74) is -1.81. The molecule has 2 fully saturated rings. The van der Waals surface area contributed by atoms with Gasteiger partial charge in [-0.2, -0.15) is 13.2 Å². The van der Waals surface area contributed by atoms with Gasteiger partial charge in [-0.1, -0.05) is 0 Å². The fourth-order valence-corrected chi connectivity index (χ4v) is 3.21. The molecular formula is C15H17F3N2O4. The number of anilines is 1. The number of ether oxygens (including phenoxy) is 2. The van der Waals surface area contributed by atoms with Gasteiger partial charge in [0.2, 0.25) is 0 Å². The fourth-order valence-electron chi connectivity index (χ4n) is 3.21. The van der Waals surface area contributed by atoms with Crippen molar-refractivity contribution >= 4 is 11.4 Å². The Hall–Kier alpha value is -1.87. The minimum atomic E-state index is -4.61. The number of hydrogen-bond acceptors (Lipinski definition) is 5. The van der Waals surface area contributed by atoms with Crippen LogP contribution in [0.4, 0.5) is 24.5 Å². The minimum Gasteiger partial charge on any atom is -0.381 e. The second-order valence-corrected chi connectivity index (χ2v) is 6.02. The Bertz CT molecular complexity index is 624. The first-order valence-corrected chi connectivity index (χ1v) is 7.63. The summed E-state index contributed by atoms with van der Waals surface area (Å²) in [4.78, 5) is 12.2. The van der Waals surface area contributed by atoms with Crippen LogP contribution in [0.3, 0.4) is 0 Å². The predicted octanol–water partition coefficient (Wildman–Crippen LogP) is 3.00. The summed E-state index contributed by atoms with van der Waals surface area (Å²) in [6.45, 7) is 2.27. The summed E-state index contributed by atoms with van der Waals surface area (Å²) >= 11 is 0. The highest BCUT2D eigenvalue weighted by Gasteiger charge is 2.40. The maximum absolute atomic E-state index is 12.8. The lowest BCUT2D eigenvalue weighted by Crippen LogP contribution is -2.54. The monoisotopic (exact) mass is 346 g/mol. The van der Waals surface area contributed by atoms with E-state index in [1.54, 1.807) is 4.90 Å². The van der Waals surface area contributed by atoms with Gasteiger partial charge in [0.1, 0.15) is 5.69 Å². The maximum atomic E-state index is 12.8. The van der Waals surface area contributed by atoms with Crippen molar-refractivity contribution in [3.8, 4) is 0 Å². The first-order valence-electron chi connectivity index (χ1n) is 7.63. The molecular weight excluding hydrogens is 329 g/mol. The second-order valence-electron chi connectivity index (χ2n) is 6.02. The van der Waals surface area contributed by atoms with E-state index in [1.807, 2.05) is 0 Å². The molecule has 1 aromatic rings. The number of halogens is 3. The highest BCUT2D eigenvalue weighted by molar-refractivity contribution is 5.65. The van der Waals surface area contributed by atoms with Crippen LogP contribution >= 0.6 is 0 Å². The van der Waals surface area contributed by atoms with Crippen molar-refractivity contribution < 1.29 is 27.6 Å². The van der Waals surface area contributed by atoms with Gasteiger partial charge in [0.25, 0.3) is 5.69 Å². The van der Waals surface area contributed by atoms with E-state index < -0.39 is 28.0 Å². The number of alkyl halides is 3. The Morgan fingerprint density at radius 3 is 2.54 bits per heavy atom. The summed E-state index contributed by atoms with van der Waals surface area (Å²) < 4.78 is 49.6. The molecule has 0 aromatic heterocycles. The molecule has 132 valence electrons. The lowest BCUT2D eigenvalue weighted by molar-refractivity contribution is -0.384. The molecule has 0 unspecified atom stereocenters. The molecule has 2 aliphatic rings. The SMILES string of the molecule is O=[N+]([O-])c1cc(C(F)(F)F)ccc1N1CCOC2(CCOCC2)C1. The molecule has 24 heavy (non-hydrogen) atoms. The van der Waals surface area contributed by atoms with Crippen molar-refractivity contribution in [2.45, 2.75) is 24.6 Å². The molecule has 0 saturated carbocycles. The summed E-state index contributed by atoms with van der Waals surface area (Å²) in [5.74, 6) is 0. The minimum absolute atomic E-state index is 0.196. The van der Waals surface area contributed by atoms with E-state index in [1.165, 1.54) is 6.07 Å². The lowest BCUT2D eigenvalue weighted by atomic mass is 9.91. The first kappa shape index (κ1) is 17.0. The third-order valence-electron chi connectivity index (χ3n) is 4.49. The van der Waals surface area contributed by atoms with Crippen LogP contribution in [0.15, 0.2) is 18.2 Å². The van der Waals surface area contributed by atoms with Gasteiger partial charge < -0.3 is 14.4 Å². The van der Waals surface area contributed by atoms with E-state index in [0.29, 0.717) is 51.8 Å². The number of benzene rings is 1. The van der Waals surface area contributed by atoms with E-state index in [9.17, 15) is 23.3 Å². The molecule has 3 rings (SSSR count). The van der Waals surface area contributed by atoms with E-state index in [4.69, 9.17) is 9.47 Å². The van der Waals surface area contributed by atoms with E-state index >= 15 is 0 Å². The molecule has 2 heterocycles. The molecule has 2 saturated heterocycles. The topological polar surface area (TPSA) is 64.8 Å². The van der Waals surface area contributed by atoms with E-state index in [-0.39, 0.29) is 5.69 Å². The summed E-state index contributed by atoms with van der Waals surface area (Å²) in [7, 11) is 0. The molecule has 0 atom stereocenters. The van der Waals surface area contributed by atoms with Gasteiger partial charge >= 0.3 is 6.18 Å². The average molecular weight is 346 g/mol. The molecule has 2 aliphatic heterocycles. The Balaban J connectivity index is 1.91. The highest BCUT2D eigenvalue weighted by Crippen LogP contribution is 2.39. The fraction of sp³-hybridized carbons (Fsp3) is 0.600. The van der Waals surface area contributed by atoms with Gasteiger partial charge in [0.05, 0.1) is 22.7 Å².